The van der Waals surface area contributed by atoms with E-state index in [0.717, 1.165) is 11.1 Å². The van der Waals surface area contributed by atoms with Crippen molar-refractivity contribution in [3.63, 3.8) is 0 Å². The zero-order valence-electron chi connectivity index (χ0n) is 14.7. The van der Waals surface area contributed by atoms with Crippen molar-refractivity contribution in [3.05, 3.63) is 64.7 Å². The first-order valence-electron chi connectivity index (χ1n) is 7.63. The molecule has 0 saturated heterocycles. The number of esters is 1. The quantitative estimate of drug-likeness (QED) is 0.265. The van der Waals surface area contributed by atoms with E-state index in [2.05, 4.69) is 0 Å². The summed E-state index contributed by atoms with van der Waals surface area (Å²) in [6, 6.07) is 12.2. The molecule has 0 amide bonds. The SMILES string of the molecule is COC(=O)/C(=C\c1ccc(C)cc1)C(=O)c1cc(OC)cc(OC)c1. The predicted octanol–water partition coefficient (Wildman–Crippen LogP) is 3.45. The first kappa shape index (κ1) is 18.3. The molecule has 2 rings (SSSR count). The number of ether oxygens (including phenoxy) is 3. The summed E-state index contributed by atoms with van der Waals surface area (Å²) in [6.07, 6.45) is 1.51. The van der Waals surface area contributed by atoms with Crippen LogP contribution in [0.4, 0.5) is 0 Å². The first-order valence-corrected chi connectivity index (χ1v) is 7.63. The number of hydrogen-bond donors (Lipinski definition) is 0. The number of benzene rings is 2. The minimum Gasteiger partial charge on any atom is -0.497 e. The third-order valence-electron chi connectivity index (χ3n) is 3.65. The number of Topliss-reactive ketones (excluding diaryl/α,β-unsaturated/α-hetero) is 1. The lowest BCUT2D eigenvalue weighted by Crippen LogP contribution is -2.15. The lowest BCUT2D eigenvalue weighted by Gasteiger charge is -2.09. The first-order chi connectivity index (χ1) is 12.0. The Morgan fingerprint density at radius 1 is 0.880 bits per heavy atom. The van der Waals surface area contributed by atoms with Crippen LogP contribution in [0.5, 0.6) is 11.5 Å². The highest BCUT2D eigenvalue weighted by Gasteiger charge is 2.22. The number of carbonyl (C=O) groups excluding carboxylic acids is 2. The van der Waals surface area contributed by atoms with Gasteiger partial charge in [0, 0.05) is 11.6 Å². The van der Waals surface area contributed by atoms with Crippen molar-refractivity contribution in [2.45, 2.75) is 6.92 Å². The van der Waals surface area contributed by atoms with E-state index in [-0.39, 0.29) is 11.1 Å². The Bertz CT molecular complexity index is 781. The molecule has 25 heavy (non-hydrogen) atoms. The van der Waals surface area contributed by atoms with E-state index in [1.807, 2.05) is 31.2 Å². The Hall–Kier alpha value is -3.08. The standard InChI is InChI=1S/C20H20O5/c1-13-5-7-14(8-6-13)9-18(20(22)25-4)19(21)15-10-16(23-2)12-17(11-15)24-3/h5-12H,1-4H3/b18-9-. The summed E-state index contributed by atoms with van der Waals surface area (Å²) in [4.78, 5) is 25.0. The average molecular weight is 340 g/mol. The van der Waals surface area contributed by atoms with Gasteiger partial charge in [0.15, 0.2) is 0 Å². The number of ketones is 1. The van der Waals surface area contributed by atoms with Gasteiger partial charge in [-0.3, -0.25) is 4.79 Å². The van der Waals surface area contributed by atoms with E-state index < -0.39 is 11.8 Å². The second-order valence-corrected chi connectivity index (χ2v) is 5.39. The minimum absolute atomic E-state index is 0.0679. The number of hydrogen-bond acceptors (Lipinski definition) is 5. The lowest BCUT2D eigenvalue weighted by atomic mass is 10.00. The smallest absolute Gasteiger partial charge is 0.341 e. The minimum atomic E-state index is -0.702. The molecule has 5 nitrogen and oxygen atoms in total. The highest BCUT2D eigenvalue weighted by molar-refractivity contribution is 6.27. The maximum atomic E-state index is 12.9. The number of rotatable bonds is 6. The van der Waals surface area contributed by atoms with Gasteiger partial charge in [-0.2, -0.15) is 0 Å². The molecule has 0 aromatic heterocycles. The van der Waals surface area contributed by atoms with Gasteiger partial charge in [0.05, 0.1) is 21.3 Å². The predicted molar refractivity (Wildman–Crippen MR) is 95.0 cm³/mol. The summed E-state index contributed by atoms with van der Waals surface area (Å²) in [5.41, 5.74) is 2.02. The molecule has 0 N–H and O–H groups in total. The zero-order valence-corrected chi connectivity index (χ0v) is 14.7. The van der Waals surface area contributed by atoms with Crippen LogP contribution in [0.25, 0.3) is 6.08 Å². The van der Waals surface area contributed by atoms with Crippen LogP contribution in [0.15, 0.2) is 48.0 Å². The maximum Gasteiger partial charge on any atom is 0.341 e. The third kappa shape index (κ3) is 4.47. The summed E-state index contributed by atoms with van der Waals surface area (Å²) in [6.45, 7) is 1.96. The largest absolute Gasteiger partial charge is 0.497 e. The molecule has 2 aromatic carbocycles. The van der Waals surface area contributed by atoms with Crippen molar-refractivity contribution in [1.82, 2.24) is 0 Å². The molecule has 0 radical (unpaired) electrons. The molecule has 0 heterocycles. The molecular weight excluding hydrogens is 320 g/mol. The Kier molecular flexibility index (Phi) is 5.95. The fourth-order valence-electron chi connectivity index (χ4n) is 2.25. The van der Waals surface area contributed by atoms with E-state index in [0.29, 0.717) is 11.5 Å². The van der Waals surface area contributed by atoms with Gasteiger partial charge < -0.3 is 14.2 Å². The molecule has 0 saturated carbocycles. The van der Waals surface area contributed by atoms with Crippen LogP contribution in [-0.4, -0.2) is 33.1 Å². The van der Waals surface area contributed by atoms with Gasteiger partial charge in [0.1, 0.15) is 17.1 Å². The zero-order chi connectivity index (χ0) is 18.4. The Morgan fingerprint density at radius 2 is 1.44 bits per heavy atom. The van der Waals surface area contributed by atoms with Crippen LogP contribution in [-0.2, 0) is 9.53 Å². The second kappa shape index (κ2) is 8.15. The second-order valence-electron chi connectivity index (χ2n) is 5.39. The highest BCUT2D eigenvalue weighted by atomic mass is 16.5. The number of aryl methyl sites for hydroxylation is 1. The van der Waals surface area contributed by atoms with Crippen molar-refractivity contribution in [1.29, 1.82) is 0 Å². The van der Waals surface area contributed by atoms with E-state index in [1.54, 1.807) is 18.2 Å². The molecule has 5 heteroatoms. The van der Waals surface area contributed by atoms with Crippen LogP contribution in [0.1, 0.15) is 21.5 Å². The van der Waals surface area contributed by atoms with Crippen LogP contribution in [0.2, 0.25) is 0 Å². The molecule has 0 bridgehead atoms. The normalized spacial score (nSPS) is 11.0. The molecule has 0 spiro atoms. The Balaban J connectivity index is 2.49. The third-order valence-corrected chi connectivity index (χ3v) is 3.65. The summed E-state index contributed by atoms with van der Waals surface area (Å²) < 4.78 is 15.1. The van der Waals surface area contributed by atoms with Gasteiger partial charge in [-0.15, -0.1) is 0 Å². The average Bonchev–Trinajstić information content (AvgIpc) is 2.65. The highest BCUT2D eigenvalue weighted by Crippen LogP contribution is 2.25. The summed E-state index contributed by atoms with van der Waals surface area (Å²) in [7, 11) is 4.23. The molecular formula is C20H20O5. The number of methoxy groups -OCH3 is 3. The lowest BCUT2D eigenvalue weighted by molar-refractivity contribution is -0.135. The molecule has 0 atom stereocenters. The molecule has 2 aromatic rings. The molecule has 0 aliphatic rings. The topological polar surface area (TPSA) is 61.8 Å². The van der Waals surface area contributed by atoms with Crippen LogP contribution >= 0.6 is 0 Å². The van der Waals surface area contributed by atoms with Gasteiger partial charge in [-0.05, 0) is 30.7 Å². The molecule has 130 valence electrons. The molecule has 0 fully saturated rings. The van der Waals surface area contributed by atoms with Gasteiger partial charge in [0.2, 0.25) is 5.78 Å². The Morgan fingerprint density at radius 3 is 1.92 bits per heavy atom. The van der Waals surface area contributed by atoms with Gasteiger partial charge in [-0.25, -0.2) is 4.79 Å². The van der Waals surface area contributed by atoms with Gasteiger partial charge >= 0.3 is 5.97 Å². The fraction of sp³-hybridized carbons (Fsp3) is 0.200. The van der Waals surface area contributed by atoms with E-state index in [4.69, 9.17) is 14.2 Å². The van der Waals surface area contributed by atoms with Crippen molar-refractivity contribution in [2.24, 2.45) is 0 Å². The summed E-state index contributed by atoms with van der Waals surface area (Å²) in [5.74, 6) is -0.249. The van der Waals surface area contributed by atoms with Gasteiger partial charge in [-0.1, -0.05) is 29.8 Å². The number of carbonyl (C=O) groups is 2. The van der Waals surface area contributed by atoms with Crippen molar-refractivity contribution in [3.8, 4) is 11.5 Å². The van der Waals surface area contributed by atoms with E-state index in [9.17, 15) is 9.59 Å². The van der Waals surface area contributed by atoms with Crippen molar-refractivity contribution in [2.75, 3.05) is 21.3 Å². The van der Waals surface area contributed by atoms with Crippen molar-refractivity contribution < 1.29 is 23.8 Å². The summed E-state index contributed by atoms with van der Waals surface area (Å²) in [5, 5.41) is 0. The maximum absolute atomic E-state index is 12.9. The van der Waals surface area contributed by atoms with Gasteiger partial charge in [0.25, 0.3) is 0 Å². The van der Waals surface area contributed by atoms with Crippen LogP contribution < -0.4 is 9.47 Å². The van der Waals surface area contributed by atoms with E-state index in [1.165, 1.54) is 27.4 Å². The van der Waals surface area contributed by atoms with Crippen LogP contribution in [0, 0.1) is 6.92 Å². The fourth-order valence-corrected chi connectivity index (χ4v) is 2.25. The van der Waals surface area contributed by atoms with Crippen LogP contribution in [0.3, 0.4) is 0 Å². The monoisotopic (exact) mass is 340 g/mol. The molecule has 0 unspecified atom stereocenters. The Labute approximate surface area is 146 Å². The van der Waals surface area contributed by atoms with Crippen molar-refractivity contribution >= 4 is 17.8 Å². The van der Waals surface area contributed by atoms with E-state index >= 15 is 0 Å². The molecule has 0 aliphatic heterocycles. The molecule has 0 aliphatic carbocycles. The summed E-state index contributed by atoms with van der Waals surface area (Å²) >= 11 is 0.